The first-order valence-electron chi connectivity index (χ1n) is 10.5. The molecule has 2 aromatic carbocycles. The highest BCUT2D eigenvalue weighted by molar-refractivity contribution is 8.01. The third-order valence-electron chi connectivity index (χ3n) is 5.20. The molecule has 1 N–H and O–H groups in total. The summed E-state index contributed by atoms with van der Waals surface area (Å²) in [6, 6.07) is 14.8. The first kappa shape index (κ1) is 23.1. The Bertz CT molecular complexity index is 1140. The Hall–Kier alpha value is -3.11. The second-order valence-electron chi connectivity index (χ2n) is 7.25. The van der Waals surface area contributed by atoms with Crippen LogP contribution < -0.4 is 10.1 Å². The molecule has 172 valence electrons. The zero-order valence-corrected chi connectivity index (χ0v) is 19.9. The number of methoxy groups -OCH3 is 1. The highest BCUT2D eigenvalue weighted by atomic mass is 32.2. The number of anilines is 2. The molecule has 0 bridgehead atoms. The number of rotatable bonds is 8. The number of thioether (sulfide) groups is 1. The van der Waals surface area contributed by atoms with Gasteiger partial charge >= 0.3 is 5.97 Å². The van der Waals surface area contributed by atoms with E-state index in [0.29, 0.717) is 29.0 Å². The van der Waals surface area contributed by atoms with Crippen molar-refractivity contribution in [3.63, 3.8) is 0 Å². The van der Waals surface area contributed by atoms with Gasteiger partial charge in [-0.1, -0.05) is 59.5 Å². The van der Waals surface area contributed by atoms with Gasteiger partial charge in [-0.15, -0.1) is 10.2 Å². The topological polar surface area (TPSA) is 93.6 Å². The van der Waals surface area contributed by atoms with Gasteiger partial charge in [0, 0.05) is 13.0 Å². The summed E-state index contributed by atoms with van der Waals surface area (Å²) >= 11 is 2.66. The second-order valence-corrected chi connectivity index (χ2v) is 9.45. The largest absolute Gasteiger partial charge is 0.492 e. The Morgan fingerprint density at radius 2 is 1.91 bits per heavy atom. The minimum Gasteiger partial charge on any atom is -0.492 e. The first-order chi connectivity index (χ1) is 16.1. The van der Waals surface area contributed by atoms with Crippen molar-refractivity contribution in [1.29, 1.82) is 0 Å². The molecular weight excluding hydrogens is 460 g/mol. The van der Waals surface area contributed by atoms with Crippen LogP contribution in [0.5, 0.6) is 5.75 Å². The van der Waals surface area contributed by atoms with Gasteiger partial charge in [-0.3, -0.25) is 4.79 Å². The average Bonchev–Trinajstić information content (AvgIpc) is 3.30. The van der Waals surface area contributed by atoms with Crippen molar-refractivity contribution in [3.8, 4) is 5.75 Å². The molecule has 1 aromatic heterocycles. The third kappa shape index (κ3) is 5.45. The Balaban J connectivity index is 1.40. The monoisotopic (exact) mass is 484 g/mol. The summed E-state index contributed by atoms with van der Waals surface area (Å²) in [5.41, 5.74) is 2.92. The molecule has 0 fully saturated rings. The van der Waals surface area contributed by atoms with E-state index in [2.05, 4.69) is 15.5 Å². The number of esters is 1. The van der Waals surface area contributed by atoms with Crippen LogP contribution in [0.1, 0.15) is 18.1 Å². The maximum atomic E-state index is 13.0. The van der Waals surface area contributed by atoms with Crippen LogP contribution in [0.2, 0.25) is 0 Å². The molecule has 4 rings (SSSR count). The van der Waals surface area contributed by atoms with Crippen molar-refractivity contribution in [3.05, 3.63) is 59.7 Å². The third-order valence-corrected chi connectivity index (χ3v) is 7.15. The Labute approximate surface area is 200 Å². The number of nitrogens with zero attached hydrogens (tertiary/aromatic N) is 3. The molecule has 0 saturated carbocycles. The molecule has 0 saturated heterocycles. The molecular formula is C23H24N4O4S2. The highest BCUT2D eigenvalue weighted by Crippen LogP contribution is 2.32. The SMILES string of the molecule is CCOc1ccccc1Nc1nnc(SCC(=O)N2Cc3ccccc3C[C@H]2C(=O)OC)s1. The molecule has 0 aliphatic carbocycles. The summed E-state index contributed by atoms with van der Waals surface area (Å²) in [7, 11) is 1.35. The highest BCUT2D eigenvalue weighted by Gasteiger charge is 2.35. The van der Waals surface area contributed by atoms with Gasteiger partial charge in [-0.25, -0.2) is 4.79 Å². The van der Waals surface area contributed by atoms with E-state index in [4.69, 9.17) is 9.47 Å². The number of amides is 1. The van der Waals surface area contributed by atoms with Crippen LogP contribution >= 0.6 is 23.1 Å². The van der Waals surface area contributed by atoms with Crippen LogP contribution in [0, 0.1) is 0 Å². The minimum atomic E-state index is -0.625. The molecule has 10 heteroatoms. The summed E-state index contributed by atoms with van der Waals surface area (Å²) < 4.78 is 11.2. The van der Waals surface area contributed by atoms with E-state index in [0.717, 1.165) is 22.6 Å². The molecule has 0 unspecified atom stereocenters. The normalized spacial score (nSPS) is 15.0. The molecule has 33 heavy (non-hydrogen) atoms. The molecule has 1 aliphatic rings. The van der Waals surface area contributed by atoms with E-state index in [1.54, 1.807) is 4.90 Å². The standard InChI is InChI=1S/C23H24N4O4S2/c1-3-31-19-11-7-6-10-17(19)24-22-25-26-23(33-22)32-14-20(28)27-13-16-9-5-4-8-15(16)12-18(27)21(29)30-2/h4-11,18H,3,12-14H2,1-2H3,(H,24,25)/t18-/m0/s1. The molecule has 8 nitrogen and oxygen atoms in total. The molecule has 2 heterocycles. The van der Waals surface area contributed by atoms with Gasteiger partial charge in [0.05, 0.1) is 25.2 Å². The van der Waals surface area contributed by atoms with Gasteiger partial charge < -0.3 is 19.7 Å². The second kappa shape index (κ2) is 10.7. The Kier molecular flexibility index (Phi) is 7.46. The van der Waals surface area contributed by atoms with Crippen LogP contribution in [0.15, 0.2) is 52.9 Å². The van der Waals surface area contributed by atoms with E-state index in [9.17, 15) is 9.59 Å². The Morgan fingerprint density at radius 3 is 2.70 bits per heavy atom. The molecule has 1 aliphatic heterocycles. The summed E-state index contributed by atoms with van der Waals surface area (Å²) in [5.74, 6) is 0.341. The van der Waals surface area contributed by atoms with E-state index < -0.39 is 12.0 Å². The van der Waals surface area contributed by atoms with Crippen molar-refractivity contribution < 1.29 is 19.1 Å². The smallest absolute Gasteiger partial charge is 0.328 e. The van der Waals surface area contributed by atoms with Gasteiger partial charge in [0.25, 0.3) is 0 Å². The number of hydrogen-bond donors (Lipinski definition) is 1. The van der Waals surface area contributed by atoms with Crippen molar-refractivity contribution in [2.45, 2.75) is 30.3 Å². The summed E-state index contributed by atoms with van der Waals surface area (Å²) in [6.07, 6.45) is 0.450. The van der Waals surface area contributed by atoms with Gasteiger partial charge in [0.2, 0.25) is 11.0 Å². The molecule has 0 spiro atoms. The number of carbonyl (C=O) groups excluding carboxylic acids is 2. The van der Waals surface area contributed by atoms with Crippen LogP contribution in [0.3, 0.4) is 0 Å². The van der Waals surface area contributed by atoms with Crippen LogP contribution in [-0.4, -0.2) is 52.5 Å². The van der Waals surface area contributed by atoms with Crippen LogP contribution in [0.25, 0.3) is 0 Å². The van der Waals surface area contributed by atoms with E-state index in [1.165, 1.54) is 30.2 Å². The maximum absolute atomic E-state index is 13.0. The fourth-order valence-electron chi connectivity index (χ4n) is 3.62. The minimum absolute atomic E-state index is 0.142. The van der Waals surface area contributed by atoms with Crippen LogP contribution in [0.4, 0.5) is 10.8 Å². The molecule has 1 amide bonds. The predicted octanol–water partition coefficient (Wildman–Crippen LogP) is 3.90. The lowest BCUT2D eigenvalue weighted by Crippen LogP contribution is -2.49. The zero-order valence-electron chi connectivity index (χ0n) is 18.3. The quantitative estimate of drug-likeness (QED) is 0.380. The first-order valence-corrected chi connectivity index (χ1v) is 12.3. The number of fused-ring (bicyclic) bond motifs is 1. The summed E-state index contributed by atoms with van der Waals surface area (Å²) in [4.78, 5) is 27.0. The van der Waals surface area contributed by atoms with Gasteiger partial charge in [-0.2, -0.15) is 0 Å². The van der Waals surface area contributed by atoms with Crippen molar-refractivity contribution >= 4 is 45.8 Å². The lowest BCUT2D eigenvalue weighted by Gasteiger charge is -2.35. The van der Waals surface area contributed by atoms with Crippen molar-refractivity contribution in [2.75, 3.05) is 24.8 Å². The van der Waals surface area contributed by atoms with Gasteiger partial charge in [0.1, 0.15) is 11.8 Å². The number of aromatic nitrogens is 2. The van der Waals surface area contributed by atoms with Crippen molar-refractivity contribution in [2.24, 2.45) is 0 Å². The number of benzene rings is 2. The number of para-hydroxylation sites is 2. The lowest BCUT2D eigenvalue weighted by molar-refractivity contribution is -0.153. The zero-order chi connectivity index (χ0) is 23.2. The van der Waals surface area contributed by atoms with Crippen LogP contribution in [-0.2, 0) is 27.3 Å². The Morgan fingerprint density at radius 1 is 1.15 bits per heavy atom. The van der Waals surface area contributed by atoms with E-state index >= 15 is 0 Å². The molecule has 3 aromatic rings. The number of carbonyl (C=O) groups is 2. The fraction of sp³-hybridized carbons (Fsp3) is 0.304. The van der Waals surface area contributed by atoms with E-state index in [-0.39, 0.29) is 11.7 Å². The predicted molar refractivity (Wildman–Crippen MR) is 128 cm³/mol. The average molecular weight is 485 g/mol. The lowest BCUT2D eigenvalue weighted by atomic mass is 9.94. The van der Waals surface area contributed by atoms with Gasteiger partial charge in [0.15, 0.2) is 4.34 Å². The van der Waals surface area contributed by atoms with Crippen molar-refractivity contribution in [1.82, 2.24) is 15.1 Å². The van der Waals surface area contributed by atoms with Gasteiger partial charge in [-0.05, 0) is 30.2 Å². The number of hydrogen-bond acceptors (Lipinski definition) is 9. The molecule has 1 atom stereocenters. The number of nitrogens with one attached hydrogen (secondary N) is 1. The molecule has 0 radical (unpaired) electrons. The fourth-order valence-corrected chi connectivity index (χ4v) is 5.27. The maximum Gasteiger partial charge on any atom is 0.328 e. The van der Waals surface area contributed by atoms with E-state index in [1.807, 2.05) is 55.5 Å². The summed E-state index contributed by atoms with van der Waals surface area (Å²) in [5, 5.41) is 12.2. The number of ether oxygens (including phenoxy) is 2. The summed E-state index contributed by atoms with van der Waals surface area (Å²) in [6.45, 7) is 2.87.